The van der Waals surface area contributed by atoms with E-state index >= 15 is 0 Å². The van der Waals surface area contributed by atoms with Gasteiger partial charge in [-0.3, -0.25) is 0 Å². The maximum absolute atomic E-state index is 14.0. The van der Waals surface area contributed by atoms with E-state index in [1.807, 2.05) is 6.92 Å². The molecule has 1 saturated carbocycles. The lowest BCUT2D eigenvalue weighted by Gasteiger charge is -2.36. The number of benzene rings is 1. The van der Waals surface area contributed by atoms with E-state index in [9.17, 15) is 8.78 Å². The highest BCUT2D eigenvalue weighted by Crippen LogP contribution is 2.34. The van der Waals surface area contributed by atoms with E-state index in [2.05, 4.69) is 34.3 Å². The van der Waals surface area contributed by atoms with E-state index in [0.717, 1.165) is 25.5 Å². The molecule has 0 bridgehead atoms. The van der Waals surface area contributed by atoms with Crippen LogP contribution in [0.1, 0.15) is 31.4 Å². The molecule has 1 fully saturated rings. The molecule has 6 heteroatoms. The molecular formula is C19H24F2N4. The van der Waals surface area contributed by atoms with E-state index < -0.39 is 11.6 Å². The summed E-state index contributed by atoms with van der Waals surface area (Å²) in [6, 6.07) is 3.54. The Hall–Kier alpha value is -2.08. The Labute approximate surface area is 147 Å². The minimum atomic E-state index is -0.607. The largest absolute Gasteiger partial charge is 0.352 e. The van der Waals surface area contributed by atoms with Gasteiger partial charge in [0, 0.05) is 35.5 Å². The van der Waals surface area contributed by atoms with Crippen molar-refractivity contribution < 1.29 is 8.78 Å². The Morgan fingerprint density at radius 2 is 1.88 bits per heavy atom. The van der Waals surface area contributed by atoms with Gasteiger partial charge in [0.2, 0.25) is 5.95 Å². The Bertz CT molecular complexity index is 755. The monoisotopic (exact) mass is 346 g/mol. The quantitative estimate of drug-likeness (QED) is 0.888. The number of nitrogens with zero attached hydrogens (tertiary/aromatic N) is 3. The third-order valence-electron chi connectivity index (χ3n) is 5.26. The molecule has 0 amide bonds. The predicted molar refractivity (Wildman–Crippen MR) is 95.5 cm³/mol. The van der Waals surface area contributed by atoms with E-state index in [4.69, 9.17) is 0 Å². The lowest BCUT2D eigenvalue weighted by Crippen LogP contribution is -2.47. The van der Waals surface area contributed by atoms with Crippen LogP contribution in [0.2, 0.25) is 0 Å². The van der Waals surface area contributed by atoms with Crippen LogP contribution >= 0.6 is 0 Å². The van der Waals surface area contributed by atoms with Gasteiger partial charge in [0.1, 0.15) is 11.6 Å². The average Bonchev–Trinajstić information content (AvgIpc) is 3.04. The fraction of sp³-hybridized carbons (Fsp3) is 0.474. The molecule has 1 aromatic heterocycles. The van der Waals surface area contributed by atoms with Gasteiger partial charge in [-0.05, 0) is 46.0 Å². The van der Waals surface area contributed by atoms with Gasteiger partial charge < -0.3 is 10.2 Å². The number of nitrogens with one attached hydrogen (secondary N) is 1. The molecule has 134 valence electrons. The SMILES string of the molecule is Cc1nc(NCC2(N(C)C)CCCC2)ncc1-c1ccc(F)cc1F. The van der Waals surface area contributed by atoms with Gasteiger partial charge in [0.15, 0.2) is 0 Å². The van der Waals surface area contributed by atoms with Crippen LogP contribution in [0.25, 0.3) is 11.1 Å². The zero-order valence-corrected chi connectivity index (χ0v) is 14.9. The van der Waals surface area contributed by atoms with Crippen LogP contribution in [0, 0.1) is 18.6 Å². The fourth-order valence-electron chi connectivity index (χ4n) is 3.58. The number of anilines is 1. The molecule has 0 radical (unpaired) electrons. The number of aromatic nitrogens is 2. The molecule has 0 atom stereocenters. The number of aryl methyl sites for hydroxylation is 1. The molecule has 0 spiro atoms. The summed E-state index contributed by atoms with van der Waals surface area (Å²) in [6.45, 7) is 2.59. The topological polar surface area (TPSA) is 41.1 Å². The summed E-state index contributed by atoms with van der Waals surface area (Å²) in [5, 5.41) is 3.33. The Morgan fingerprint density at radius 3 is 2.48 bits per heavy atom. The third-order valence-corrected chi connectivity index (χ3v) is 5.26. The van der Waals surface area contributed by atoms with Gasteiger partial charge in [-0.25, -0.2) is 18.7 Å². The molecule has 0 saturated heterocycles. The summed E-state index contributed by atoms with van der Waals surface area (Å²) in [5.74, 6) is -0.662. The highest BCUT2D eigenvalue weighted by Gasteiger charge is 2.35. The zero-order valence-electron chi connectivity index (χ0n) is 14.9. The maximum atomic E-state index is 14.0. The standard InChI is InChI=1S/C19H24F2N4/c1-13-16(15-7-6-14(20)10-17(15)21)11-22-18(24-13)23-12-19(25(2)3)8-4-5-9-19/h6-7,10-11H,4-5,8-9,12H2,1-3H3,(H,22,23,24). The van der Waals surface area contributed by atoms with Crippen LogP contribution < -0.4 is 5.32 Å². The van der Waals surface area contributed by atoms with Crippen molar-refractivity contribution in [2.45, 2.75) is 38.1 Å². The van der Waals surface area contributed by atoms with E-state index in [1.54, 1.807) is 6.20 Å². The molecule has 0 aliphatic heterocycles. The third kappa shape index (κ3) is 3.63. The van der Waals surface area contributed by atoms with Crippen LogP contribution in [0.4, 0.5) is 14.7 Å². The van der Waals surface area contributed by atoms with Crippen LogP contribution in [0.3, 0.4) is 0 Å². The molecule has 1 N–H and O–H groups in total. The predicted octanol–water partition coefficient (Wildman–Crippen LogP) is 4.02. The summed E-state index contributed by atoms with van der Waals surface area (Å²) in [5.41, 5.74) is 1.68. The van der Waals surface area contributed by atoms with Crippen LogP contribution in [0.5, 0.6) is 0 Å². The Balaban J connectivity index is 1.78. The van der Waals surface area contributed by atoms with Crippen molar-refractivity contribution >= 4 is 5.95 Å². The number of rotatable bonds is 5. The summed E-state index contributed by atoms with van der Waals surface area (Å²) >= 11 is 0. The van der Waals surface area contributed by atoms with Crippen LogP contribution in [-0.4, -0.2) is 41.0 Å². The normalized spacial score (nSPS) is 16.4. The molecule has 4 nitrogen and oxygen atoms in total. The lowest BCUT2D eigenvalue weighted by molar-refractivity contribution is 0.172. The first-order valence-electron chi connectivity index (χ1n) is 8.62. The van der Waals surface area contributed by atoms with Gasteiger partial charge >= 0.3 is 0 Å². The van der Waals surface area contributed by atoms with Gasteiger partial charge in [-0.2, -0.15) is 0 Å². The average molecular weight is 346 g/mol. The molecule has 1 heterocycles. The molecule has 3 rings (SSSR count). The molecule has 25 heavy (non-hydrogen) atoms. The fourth-order valence-corrected chi connectivity index (χ4v) is 3.58. The van der Waals surface area contributed by atoms with Gasteiger partial charge in [-0.15, -0.1) is 0 Å². The molecule has 2 aromatic rings. The number of likely N-dealkylation sites (N-methyl/N-ethyl adjacent to an activating group) is 1. The summed E-state index contributed by atoms with van der Waals surface area (Å²) in [7, 11) is 4.22. The first kappa shape index (κ1) is 17.7. The van der Waals surface area contributed by atoms with Gasteiger partial charge in [0.25, 0.3) is 0 Å². The second-order valence-electron chi connectivity index (χ2n) is 7.00. The van der Waals surface area contributed by atoms with E-state index in [-0.39, 0.29) is 5.54 Å². The maximum Gasteiger partial charge on any atom is 0.222 e. The van der Waals surface area contributed by atoms with E-state index in [1.165, 1.54) is 25.0 Å². The van der Waals surface area contributed by atoms with Crippen molar-refractivity contribution in [1.82, 2.24) is 14.9 Å². The van der Waals surface area contributed by atoms with Crippen molar-refractivity contribution in [2.24, 2.45) is 0 Å². The van der Waals surface area contributed by atoms with Crippen molar-refractivity contribution in [3.05, 3.63) is 41.7 Å². The number of hydrogen-bond acceptors (Lipinski definition) is 4. The van der Waals surface area contributed by atoms with Crippen molar-refractivity contribution in [3.8, 4) is 11.1 Å². The number of hydrogen-bond donors (Lipinski definition) is 1. The minimum absolute atomic E-state index is 0.138. The minimum Gasteiger partial charge on any atom is -0.352 e. The number of halogens is 2. The summed E-state index contributed by atoms with van der Waals surface area (Å²) in [6.07, 6.45) is 6.39. The summed E-state index contributed by atoms with van der Waals surface area (Å²) < 4.78 is 27.1. The molecular weight excluding hydrogens is 322 g/mol. The highest BCUT2D eigenvalue weighted by molar-refractivity contribution is 5.66. The molecule has 0 unspecified atom stereocenters. The second kappa shape index (κ2) is 7.04. The van der Waals surface area contributed by atoms with Crippen LogP contribution in [0.15, 0.2) is 24.4 Å². The van der Waals surface area contributed by atoms with Crippen molar-refractivity contribution in [3.63, 3.8) is 0 Å². The summed E-state index contributed by atoms with van der Waals surface area (Å²) in [4.78, 5) is 11.1. The van der Waals surface area contributed by atoms with E-state index in [0.29, 0.717) is 22.8 Å². The van der Waals surface area contributed by atoms with Crippen LogP contribution in [-0.2, 0) is 0 Å². The first-order valence-corrected chi connectivity index (χ1v) is 8.62. The Kier molecular flexibility index (Phi) is 4.99. The first-order chi connectivity index (χ1) is 11.9. The highest BCUT2D eigenvalue weighted by atomic mass is 19.1. The molecule has 1 aliphatic carbocycles. The zero-order chi connectivity index (χ0) is 18.0. The van der Waals surface area contributed by atoms with Crippen molar-refractivity contribution in [1.29, 1.82) is 0 Å². The molecule has 1 aromatic carbocycles. The smallest absolute Gasteiger partial charge is 0.222 e. The van der Waals surface area contributed by atoms with Crippen molar-refractivity contribution in [2.75, 3.05) is 26.0 Å². The molecule has 1 aliphatic rings. The lowest BCUT2D eigenvalue weighted by atomic mass is 9.96. The van der Waals surface area contributed by atoms with Gasteiger partial charge in [-0.1, -0.05) is 12.8 Å². The Morgan fingerprint density at radius 1 is 1.16 bits per heavy atom. The van der Waals surface area contributed by atoms with Gasteiger partial charge in [0.05, 0.1) is 5.69 Å². The second-order valence-corrected chi connectivity index (χ2v) is 7.00.